The summed E-state index contributed by atoms with van der Waals surface area (Å²) in [5.41, 5.74) is 6.06. The second-order valence-corrected chi connectivity index (χ2v) is 5.59. The first kappa shape index (κ1) is 14.2. The van der Waals surface area contributed by atoms with Crippen molar-refractivity contribution in [2.45, 2.75) is 4.90 Å². The monoisotopic (exact) mass is 294 g/mol. The summed E-state index contributed by atoms with van der Waals surface area (Å²) < 4.78 is 33.3. The molecule has 7 heteroatoms. The van der Waals surface area contributed by atoms with Gasteiger partial charge >= 0.3 is 0 Å². The van der Waals surface area contributed by atoms with Crippen molar-refractivity contribution in [3.05, 3.63) is 42.5 Å². The highest BCUT2D eigenvalue weighted by molar-refractivity contribution is 7.89. The fraction of sp³-hybridized carbons (Fsp3) is 0.0769. The van der Waals surface area contributed by atoms with E-state index in [1.165, 1.54) is 25.3 Å². The topological polar surface area (TPSA) is 105 Å². The molecule has 0 bridgehead atoms. The first-order valence-corrected chi connectivity index (χ1v) is 7.19. The van der Waals surface area contributed by atoms with E-state index in [1.54, 1.807) is 24.3 Å². The molecule has 0 aliphatic rings. The second kappa shape index (κ2) is 5.40. The van der Waals surface area contributed by atoms with Crippen LogP contribution in [0.4, 0.5) is 5.69 Å². The van der Waals surface area contributed by atoms with E-state index in [0.29, 0.717) is 17.2 Å². The Hall–Kier alpha value is -2.25. The third kappa shape index (κ3) is 3.19. The van der Waals surface area contributed by atoms with Gasteiger partial charge in [0.15, 0.2) is 5.75 Å². The zero-order chi connectivity index (χ0) is 14.8. The normalized spacial score (nSPS) is 11.1. The summed E-state index contributed by atoms with van der Waals surface area (Å²) >= 11 is 0. The third-order valence-corrected chi connectivity index (χ3v) is 3.49. The number of rotatable bonds is 4. The molecule has 0 aromatic heterocycles. The van der Waals surface area contributed by atoms with Gasteiger partial charge < -0.3 is 15.2 Å². The van der Waals surface area contributed by atoms with Crippen LogP contribution in [0.3, 0.4) is 0 Å². The summed E-state index contributed by atoms with van der Waals surface area (Å²) in [7, 11) is -2.27. The van der Waals surface area contributed by atoms with Gasteiger partial charge in [-0.25, -0.2) is 13.6 Å². The van der Waals surface area contributed by atoms with Gasteiger partial charge in [-0.05, 0) is 24.3 Å². The average Bonchev–Trinajstić information content (AvgIpc) is 2.40. The number of methoxy groups -OCH3 is 1. The Morgan fingerprint density at radius 3 is 2.40 bits per heavy atom. The van der Waals surface area contributed by atoms with Crippen LogP contribution in [0.1, 0.15) is 0 Å². The van der Waals surface area contributed by atoms with Crippen molar-refractivity contribution in [1.82, 2.24) is 0 Å². The van der Waals surface area contributed by atoms with Gasteiger partial charge in [-0.3, -0.25) is 0 Å². The number of ether oxygens (including phenoxy) is 2. The number of nitrogens with two attached hydrogens (primary N) is 2. The molecule has 0 amide bonds. The molecule has 0 aliphatic heterocycles. The molecule has 106 valence electrons. The van der Waals surface area contributed by atoms with Gasteiger partial charge in [0.1, 0.15) is 11.5 Å². The van der Waals surface area contributed by atoms with Crippen LogP contribution in [0.2, 0.25) is 0 Å². The summed E-state index contributed by atoms with van der Waals surface area (Å²) in [5.74, 6) is 1.30. The van der Waals surface area contributed by atoms with E-state index in [1.807, 2.05) is 0 Å². The lowest BCUT2D eigenvalue weighted by Gasteiger charge is -2.10. The fourth-order valence-electron chi connectivity index (χ4n) is 1.57. The highest BCUT2D eigenvalue weighted by Crippen LogP contribution is 2.31. The quantitative estimate of drug-likeness (QED) is 0.835. The molecule has 6 nitrogen and oxygen atoms in total. The van der Waals surface area contributed by atoms with E-state index >= 15 is 0 Å². The first-order chi connectivity index (χ1) is 9.40. The largest absolute Gasteiger partial charge is 0.497 e. The van der Waals surface area contributed by atoms with Crippen molar-refractivity contribution >= 4 is 15.7 Å². The summed E-state index contributed by atoms with van der Waals surface area (Å²) in [5, 5.41) is 5.07. The Morgan fingerprint density at radius 2 is 1.75 bits per heavy atom. The third-order valence-electron chi connectivity index (χ3n) is 2.58. The lowest BCUT2D eigenvalue weighted by molar-refractivity contribution is 0.409. The maximum absolute atomic E-state index is 11.3. The maximum Gasteiger partial charge on any atom is 0.238 e. The number of hydrogen-bond donors (Lipinski definition) is 2. The summed E-state index contributed by atoms with van der Waals surface area (Å²) in [6.07, 6.45) is 0. The van der Waals surface area contributed by atoms with E-state index in [0.717, 1.165) is 0 Å². The molecule has 4 N–H and O–H groups in total. The number of anilines is 1. The molecule has 2 aromatic rings. The van der Waals surface area contributed by atoms with Gasteiger partial charge in [0, 0.05) is 12.1 Å². The molecule has 0 fully saturated rings. The van der Waals surface area contributed by atoms with Crippen molar-refractivity contribution in [1.29, 1.82) is 0 Å². The highest BCUT2D eigenvalue weighted by Gasteiger charge is 2.12. The minimum Gasteiger partial charge on any atom is -0.497 e. The molecule has 0 saturated carbocycles. The number of nitrogen functional groups attached to an aromatic ring is 1. The van der Waals surface area contributed by atoms with Crippen LogP contribution in [0.15, 0.2) is 47.4 Å². The van der Waals surface area contributed by atoms with Gasteiger partial charge in [0.25, 0.3) is 0 Å². The second-order valence-electron chi connectivity index (χ2n) is 4.03. The van der Waals surface area contributed by atoms with Gasteiger partial charge in [-0.15, -0.1) is 0 Å². The zero-order valence-corrected chi connectivity index (χ0v) is 11.6. The molecule has 0 heterocycles. The van der Waals surface area contributed by atoms with Crippen LogP contribution in [0, 0.1) is 0 Å². The number of primary sulfonamides is 1. The smallest absolute Gasteiger partial charge is 0.238 e. The lowest BCUT2D eigenvalue weighted by atomic mass is 10.3. The molecule has 20 heavy (non-hydrogen) atoms. The Morgan fingerprint density at radius 1 is 1.05 bits per heavy atom. The first-order valence-electron chi connectivity index (χ1n) is 5.64. The molecular weight excluding hydrogens is 280 g/mol. The van der Waals surface area contributed by atoms with Gasteiger partial charge in [-0.2, -0.15) is 0 Å². The molecule has 2 rings (SSSR count). The van der Waals surface area contributed by atoms with Crippen LogP contribution >= 0.6 is 0 Å². The van der Waals surface area contributed by atoms with Crippen molar-refractivity contribution in [2.75, 3.05) is 12.8 Å². The number of hydrogen-bond acceptors (Lipinski definition) is 5. The molecule has 0 atom stereocenters. The van der Waals surface area contributed by atoms with E-state index in [-0.39, 0.29) is 10.6 Å². The maximum atomic E-state index is 11.3. The van der Waals surface area contributed by atoms with Gasteiger partial charge in [0.2, 0.25) is 10.0 Å². The fourth-order valence-corrected chi connectivity index (χ4v) is 2.10. The zero-order valence-electron chi connectivity index (χ0n) is 10.7. The summed E-state index contributed by atoms with van der Waals surface area (Å²) in [6, 6.07) is 10.9. The van der Waals surface area contributed by atoms with E-state index < -0.39 is 10.0 Å². The molecule has 0 spiro atoms. The van der Waals surface area contributed by atoms with Gasteiger partial charge in [0.05, 0.1) is 17.7 Å². The molecule has 0 unspecified atom stereocenters. The Labute approximate surface area is 117 Å². The number of benzene rings is 2. The standard InChI is InChI=1S/C13H14N2O4S/c1-18-9-3-2-4-10(7-9)19-13-8-11(20(15,16)17)5-6-12(13)14/h2-8H,14H2,1H3,(H2,15,16,17). The molecule has 0 radical (unpaired) electrons. The Bertz CT molecular complexity index is 729. The summed E-state index contributed by atoms with van der Waals surface area (Å²) in [6.45, 7) is 0. The predicted octanol–water partition coefficient (Wildman–Crippen LogP) is 1.72. The van der Waals surface area contributed by atoms with Crippen molar-refractivity contribution in [3.8, 4) is 17.2 Å². The minimum absolute atomic E-state index is 0.0652. The van der Waals surface area contributed by atoms with Crippen LogP contribution in [0.25, 0.3) is 0 Å². The lowest BCUT2D eigenvalue weighted by Crippen LogP contribution is -2.12. The van der Waals surface area contributed by atoms with Crippen molar-refractivity contribution in [2.24, 2.45) is 5.14 Å². The van der Waals surface area contributed by atoms with Crippen LogP contribution in [-0.2, 0) is 10.0 Å². The van der Waals surface area contributed by atoms with Crippen molar-refractivity contribution in [3.63, 3.8) is 0 Å². The Kier molecular flexibility index (Phi) is 3.82. The van der Waals surface area contributed by atoms with Gasteiger partial charge in [-0.1, -0.05) is 6.07 Å². The minimum atomic E-state index is -3.81. The average molecular weight is 294 g/mol. The SMILES string of the molecule is COc1cccc(Oc2cc(S(N)(=O)=O)ccc2N)c1. The van der Waals surface area contributed by atoms with E-state index in [9.17, 15) is 8.42 Å². The van der Waals surface area contributed by atoms with E-state index in [2.05, 4.69) is 0 Å². The van der Waals surface area contributed by atoms with Crippen molar-refractivity contribution < 1.29 is 17.9 Å². The molecule has 0 saturated heterocycles. The highest BCUT2D eigenvalue weighted by atomic mass is 32.2. The molecular formula is C13H14N2O4S. The van der Waals surface area contributed by atoms with Crippen LogP contribution < -0.4 is 20.3 Å². The van der Waals surface area contributed by atoms with Crippen LogP contribution in [0.5, 0.6) is 17.2 Å². The van der Waals surface area contributed by atoms with E-state index in [4.69, 9.17) is 20.3 Å². The Balaban J connectivity index is 2.37. The number of sulfonamides is 1. The predicted molar refractivity (Wildman–Crippen MR) is 75.3 cm³/mol. The molecule has 0 aliphatic carbocycles. The molecule has 2 aromatic carbocycles. The van der Waals surface area contributed by atoms with Crippen LogP contribution in [-0.4, -0.2) is 15.5 Å². The summed E-state index contributed by atoms with van der Waals surface area (Å²) in [4.78, 5) is -0.0652.